The van der Waals surface area contributed by atoms with Crippen LogP contribution in [0.5, 0.6) is 0 Å². The number of rotatable bonds is 16. The summed E-state index contributed by atoms with van der Waals surface area (Å²) in [5.74, 6) is 0.242. The van der Waals surface area contributed by atoms with E-state index in [1.54, 1.807) is 0 Å². The molecule has 0 radical (unpaired) electrons. The quantitative estimate of drug-likeness (QED) is 0.235. The van der Waals surface area contributed by atoms with Crippen LogP contribution in [0.1, 0.15) is 85.0 Å². The minimum absolute atomic E-state index is 0.0866. The van der Waals surface area contributed by atoms with Crippen LogP contribution in [-0.2, 0) is 4.79 Å². The Kier molecular flexibility index (Phi) is 18.6. The van der Waals surface area contributed by atoms with Gasteiger partial charge in [-0.2, -0.15) is 0 Å². The highest BCUT2D eigenvalue weighted by atomic mass is 16.1. The summed E-state index contributed by atoms with van der Waals surface area (Å²) in [5, 5.41) is 2.95. The molecule has 0 spiro atoms. The van der Waals surface area contributed by atoms with Gasteiger partial charge in [-0.3, -0.25) is 4.79 Å². The van der Waals surface area contributed by atoms with Crippen LogP contribution < -0.4 is 5.32 Å². The van der Waals surface area contributed by atoms with Crippen molar-refractivity contribution in [2.75, 3.05) is 6.54 Å². The lowest BCUT2D eigenvalue weighted by Gasteiger charge is -2.06. The molecule has 1 N–H and O–H groups in total. The maximum atomic E-state index is 11.4. The molecular weight excluding hydrogens is 318 g/mol. The Labute approximate surface area is 162 Å². The summed E-state index contributed by atoms with van der Waals surface area (Å²) in [7, 11) is 0. The maximum Gasteiger partial charge on any atom is 0.222 e. The van der Waals surface area contributed by atoms with Crippen molar-refractivity contribution >= 4 is 5.91 Å². The van der Waals surface area contributed by atoms with Crippen molar-refractivity contribution in [2.24, 2.45) is 5.92 Å². The van der Waals surface area contributed by atoms with Crippen molar-refractivity contribution in [3.8, 4) is 0 Å². The Hall–Kier alpha value is -1.57. The van der Waals surface area contributed by atoms with Crippen LogP contribution in [0, 0.1) is 5.92 Å². The van der Waals surface area contributed by atoms with Gasteiger partial charge in [0.05, 0.1) is 0 Å². The van der Waals surface area contributed by atoms with E-state index in [0.29, 0.717) is 0 Å². The molecule has 2 nitrogen and oxygen atoms in total. The molecule has 0 aromatic rings. The standard InChI is InChI=1S/C24H41NO/c1-4-5-6-7-8-9-10-11-12-13-14-15-16-17-18-19-20-21-22-25-24(26)23(2)3/h8-9,11-12,14-15,17-18,23H,4-7,10,13,16,19-22H2,1-3H3,(H,25,26)/b9-8-,12-11-,15-14-,18-17-. The van der Waals surface area contributed by atoms with E-state index in [1.807, 2.05) is 13.8 Å². The van der Waals surface area contributed by atoms with Gasteiger partial charge in [0.2, 0.25) is 5.91 Å². The number of hydrogen-bond acceptors (Lipinski definition) is 1. The van der Waals surface area contributed by atoms with Crippen LogP contribution in [0.3, 0.4) is 0 Å². The number of amides is 1. The summed E-state index contributed by atoms with van der Waals surface area (Å²) in [6, 6.07) is 0. The highest BCUT2D eigenvalue weighted by molar-refractivity contribution is 5.77. The summed E-state index contributed by atoms with van der Waals surface area (Å²) in [4.78, 5) is 11.4. The summed E-state index contributed by atoms with van der Waals surface area (Å²) in [6.07, 6.45) is 29.5. The lowest BCUT2D eigenvalue weighted by atomic mass is 10.2. The topological polar surface area (TPSA) is 29.1 Å². The minimum atomic E-state index is 0.0866. The number of unbranched alkanes of at least 4 members (excludes halogenated alkanes) is 5. The molecule has 0 bridgehead atoms. The van der Waals surface area contributed by atoms with Crippen molar-refractivity contribution in [3.05, 3.63) is 48.6 Å². The smallest absolute Gasteiger partial charge is 0.222 e. The Morgan fingerprint density at radius 3 is 1.65 bits per heavy atom. The van der Waals surface area contributed by atoms with Gasteiger partial charge < -0.3 is 5.32 Å². The normalized spacial score (nSPS) is 12.5. The third-order valence-corrected chi connectivity index (χ3v) is 4.08. The first kappa shape index (κ1) is 24.4. The molecule has 0 saturated heterocycles. The highest BCUT2D eigenvalue weighted by Gasteiger charge is 2.03. The average molecular weight is 360 g/mol. The molecule has 0 aliphatic carbocycles. The minimum Gasteiger partial charge on any atom is -0.356 e. The molecule has 0 atom stereocenters. The number of hydrogen-bond donors (Lipinski definition) is 1. The van der Waals surface area contributed by atoms with E-state index in [9.17, 15) is 4.79 Å². The fraction of sp³-hybridized carbons (Fsp3) is 0.625. The zero-order chi connectivity index (χ0) is 19.3. The van der Waals surface area contributed by atoms with E-state index in [2.05, 4.69) is 60.8 Å². The molecule has 0 saturated carbocycles. The van der Waals surface area contributed by atoms with Gasteiger partial charge in [-0.1, -0.05) is 82.2 Å². The molecule has 26 heavy (non-hydrogen) atoms. The number of allylic oxidation sites excluding steroid dienone is 8. The molecule has 0 aromatic heterocycles. The molecule has 148 valence electrons. The van der Waals surface area contributed by atoms with E-state index < -0.39 is 0 Å². The van der Waals surface area contributed by atoms with Gasteiger partial charge in [0.15, 0.2) is 0 Å². The molecule has 0 heterocycles. The van der Waals surface area contributed by atoms with E-state index in [0.717, 1.165) is 45.1 Å². The molecule has 1 amide bonds. The second-order valence-electron chi connectivity index (χ2n) is 7.03. The summed E-state index contributed by atoms with van der Waals surface area (Å²) in [5.41, 5.74) is 0. The zero-order valence-electron chi connectivity index (χ0n) is 17.4. The van der Waals surface area contributed by atoms with Gasteiger partial charge in [-0.05, 0) is 51.4 Å². The van der Waals surface area contributed by atoms with E-state index in [-0.39, 0.29) is 11.8 Å². The molecular formula is C24H41NO. The molecule has 0 aromatic carbocycles. The monoisotopic (exact) mass is 359 g/mol. The van der Waals surface area contributed by atoms with Crippen LogP contribution in [0.25, 0.3) is 0 Å². The third kappa shape index (κ3) is 18.8. The predicted molar refractivity (Wildman–Crippen MR) is 116 cm³/mol. The number of carbonyl (C=O) groups is 1. The Morgan fingerprint density at radius 2 is 1.19 bits per heavy atom. The van der Waals surface area contributed by atoms with Crippen molar-refractivity contribution in [2.45, 2.75) is 85.0 Å². The van der Waals surface area contributed by atoms with Crippen LogP contribution >= 0.6 is 0 Å². The zero-order valence-corrected chi connectivity index (χ0v) is 17.4. The molecule has 0 fully saturated rings. The Balaban J connectivity index is 3.42. The summed E-state index contributed by atoms with van der Waals surface area (Å²) < 4.78 is 0. The molecule has 0 unspecified atom stereocenters. The van der Waals surface area contributed by atoms with Gasteiger partial charge in [-0.25, -0.2) is 0 Å². The predicted octanol–water partition coefficient (Wildman–Crippen LogP) is 6.90. The van der Waals surface area contributed by atoms with Gasteiger partial charge >= 0.3 is 0 Å². The van der Waals surface area contributed by atoms with Crippen molar-refractivity contribution < 1.29 is 4.79 Å². The van der Waals surface area contributed by atoms with Crippen LogP contribution in [-0.4, -0.2) is 12.5 Å². The largest absolute Gasteiger partial charge is 0.356 e. The first-order valence-corrected chi connectivity index (χ1v) is 10.6. The number of carbonyl (C=O) groups excluding carboxylic acids is 1. The van der Waals surface area contributed by atoms with Crippen molar-refractivity contribution in [3.63, 3.8) is 0 Å². The van der Waals surface area contributed by atoms with Crippen molar-refractivity contribution in [1.29, 1.82) is 0 Å². The molecule has 0 aliphatic rings. The van der Waals surface area contributed by atoms with E-state index >= 15 is 0 Å². The van der Waals surface area contributed by atoms with E-state index in [4.69, 9.17) is 0 Å². The van der Waals surface area contributed by atoms with Gasteiger partial charge in [0, 0.05) is 12.5 Å². The van der Waals surface area contributed by atoms with Gasteiger partial charge in [-0.15, -0.1) is 0 Å². The SMILES string of the molecule is CCCCC/C=C\C/C=C\C/C=C\C/C=C\CCCCNC(=O)C(C)C. The first-order valence-electron chi connectivity index (χ1n) is 10.6. The molecule has 0 aliphatic heterocycles. The molecule has 0 rings (SSSR count). The third-order valence-electron chi connectivity index (χ3n) is 4.08. The summed E-state index contributed by atoms with van der Waals surface area (Å²) >= 11 is 0. The van der Waals surface area contributed by atoms with Gasteiger partial charge in [0.25, 0.3) is 0 Å². The van der Waals surface area contributed by atoms with E-state index in [1.165, 1.54) is 25.7 Å². The van der Waals surface area contributed by atoms with Crippen molar-refractivity contribution in [1.82, 2.24) is 5.32 Å². The van der Waals surface area contributed by atoms with Crippen LogP contribution in [0.4, 0.5) is 0 Å². The Bertz CT molecular complexity index is 429. The lowest BCUT2D eigenvalue weighted by molar-refractivity contribution is -0.123. The van der Waals surface area contributed by atoms with Gasteiger partial charge in [0.1, 0.15) is 0 Å². The average Bonchev–Trinajstić information content (AvgIpc) is 2.63. The fourth-order valence-electron chi connectivity index (χ4n) is 2.36. The molecule has 2 heteroatoms. The fourth-order valence-corrected chi connectivity index (χ4v) is 2.36. The second-order valence-corrected chi connectivity index (χ2v) is 7.03. The summed E-state index contributed by atoms with van der Waals surface area (Å²) in [6.45, 7) is 6.89. The second kappa shape index (κ2) is 19.8. The maximum absolute atomic E-state index is 11.4. The lowest BCUT2D eigenvalue weighted by Crippen LogP contribution is -2.28. The Morgan fingerprint density at radius 1 is 0.731 bits per heavy atom. The van der Waals surface area contributed by atoms with Crippen LogP contribution in [0.15, 0.2) is 48.6 Å². The number of nitrogens with one attached hydrogen (secondary N) is 1. The van der Waals surface area contributed by atoms with Crippen LogP contribution in [0.2, 0.25) is 0 Å². The first-order chi connectivity index (χ1) is 12.7. The highest BCUT2D eigenvalue weighted by Crippen LogP contribution is 2.01.